The van der Waals surface area contributed by atoms with Crippen molar-refractivity contribution in [3.63, 3.8) is 0 Å². The number of benzene rings is 2. The fraction of sp³-hybridized carbons (Fsp3) is 0.391. The van der Waals surface area contributed by atoms with Crippen LogP contribution in [0.15, 0.2) is 54.6 Å². The summed E-state index contributed by atoms with van der Waals surface area (Å²) in [7, 11) is 0. The summed E-state index contributed by atoms with van der Waals surface area (Å²) in [5.74, 6) is -0.501. The lowest BCUT2D eigenvalue weighted by Crippen LogP contribution is -2.47. The van der Waals surface area contributed by atoms with E-state index in [1.165, 1.54) is 0 Å². The summed E-state index contributed by atoms with van der Waals surface area (Å²) in [6.45, 7) is 5.31. The van der Waals surface area contributed by atoms with Gasteiger partial charge in [-0.05, 0) is 57.0 Å². The van der Waals surface area contributed by atoms with Crippen molar-refractivity contribution in [2.45, 2.75) is 51.4 Å². The molecule has 0 aliphatic carbocycles. The normalized spacial score (nSPS) is 13.2. The maximum Gasteiger partial charge on any atom is 0.407 e. The van der Waals surface area contributed by atoms with Gasteiger partial charge in [-0.25, -0.2) is 9.59 Å². The first-order chi connectivity index (χ1) is 14.1. The molecule has 30 heavy (non-hydrogen) atoms. The lowest BCUT2D eigenvalue weighted by molar-refractivity contribution is 0.0298. The van der Waals surface area contributed by atoms with Crippen molar-refractivity contribution in [2.24, 2.45) is 0 Å². The third kappa shape index (κ3) is 8.43. The van der Waals surface area contributed by atoms with Gasteiger partial charge in [0.1, 0.15) is 5.60 Å². The molecule has 6 nitrogen and oxygen atoms in total. The minimum absolute atomic E-state index is 0.00388. The Kier molecular flexibility index (Phi) is 8.69. The van der Waals surface area contributed by atoms with Gasteiger partial charge in [0.25, 0.3) is 0 Å². The molecule has 0 bridgehead atoms. The second-order valence-corrected chi connectivity index (χ2v) is 8.38. The van der Waals surface area contributed by atoms with Gasteiger partial charge in [0, 0.05) is 11.4 Å². The summed E-state index contributed by atoms with van der Waals surface area (Å²) in [5, 5.41) is 13.9. The van der Waals surface area contributed by atoms with E-state index in [2.05, 4.69) is 5.32 Å². The lowest BCUT2D eigenvalue weighted by Gasteiger charge is -2.27. The molecule has 0 aromatic heterocycles. The van der Waals surface area contributed by atoms with Crippen LogP contribution in [0.2, 0.25) is 5.02 Å². The highest BCUT2D eigenvalue weighted by molar-refractivity contribution is 6.30. The van der Waals surface area contributed by atoms with Crippen LogP contribution in [-0.4, -0.2) is 41.5 Å². The van der Waals surface area contributed by atoms with Crippen LogP contribution in [0.3, 0.4) is 0 Å². The topological polar surface area (TPSA) is 84.9 Å². The number of carbonyl (C=O) groups excluding carboxylic acids is 2. The Morgan fingerprint density at radius 1 is 1.07 bits per heavy atom. The number of hydrogen-bond donors (Lipinski definition) is 2. The van der Waals surface area contributed by atoms with Crippen LogP contribution < -0.4 is 5.32 Å². The first-order valence-electron chi connectivity index (χ1n) is 9.78. The monoisotopic (exact) mass is 433 g/mol. The van der Waals surface area contributed by atoms with E-state index in [-0.39, 0.29) is 13.0 Å². The molecule has 162 valence electrons. The van der Waals surface area contributed by atoms with Gasteiger partial charge >= 0.3 is 12.1 Å². The zero-order chi connectivity index (χ0) is 22.1. The van der Waals surface area contributed by atoms with E-state index in [9.17, 15) is 14.7 Å². The number of nitrogens with one attached hydrogen (secondary N) is 1. The van der Waals surface area contributed by atoms with Crippen molar-refractivity contribution in [3.05, 3.63) is 70.7 Å². The second kappa shape index (κ2) is 11.0. The molecule has 0 saturated heterocycles. The van der Waals surface area contributed by atoms with Crippen LogP contribution in [0.25, 0.3) is 0 Å². The summed E-state index contributed by atoms with van der Waals surface area (Å²) < 4.78 is 10.5. The van der Waals surface area contributed by atoms with E-state index in [0.29, 0.717) is 17.0 Å². The largest absolute Gasteiger partial charge is 0.462 e. The highest BCUT2D eigenvalue weighted by atomic mass is 35.5. The number of aliphatic hydroxyl groups is 1. The van der Waals surface area contributed by atoms with E-state index in [1.807, 2.05) is 30.3 Å². The molecule has 2 aromatic carbocycles. The maximum atomic E-state index is 12.2. The molecule has 0 saturated carbocycles. The predicted molar refractivity (Wildman–Crippen MR) is 116 cm³/mol. The van der Waals surface area contributed by atoms with Gasteiger partial charge in [0.15, 0.2) is 0 Å². The molecule has 2 rings (SSSR count). The molecule has 0 fully saturated rings. The van der Waals surface area contributed by atoms with Crippen molar-refractivity contribution in [3.8, 4) is 0 Å². The average Bonchev–Trinajstić information content (AvgIpc) is 2.67. The molecule has 0 aliphatic rings. The van der Waals surface area contributed by atoms with Crippen LogP contribution in [0.1, 0.15) is 43.1 Å². The number of aliphatic hydroxyl groups excluding tert-OH is 1. The summed E-state index contributed by atoms with van der Waals surface area (Å²) in [6.07, 6.45) is -0.977. The van der Waals surface area contributed by atoms with Gasteiger partial charge in [-0.3, -0.25) is 0 Å². The van der Waals surface area contributed by atoms with Crippen molar-refractivity contribution in [1.29, 1.82) is 0 Å². The zero-order valence-corrected chi connectivity index (χ0v) is 18.2. The zero-order valence-electron chi connectivity index (χ0n) is 17.4. The summed E-state index contributed by atoms with van der Waals surface area (Å²) >= 11 is 5.82. The maximum absolute atomic E-state index is 12.2. The number of ether oxygens (including phenoxy) is 2. The predicted octanol–water partition coefficient (Wildman–Crippen LogP) is 4.38. The molecule has 2 unspecified atom stereocenters. The van der Waals surface area contributed by atoms with Crippen molar-refractivity contribution in [2.75, 3.05) is 6.61 Å². The average molecular weight is 434 g/mol. The number of carbonyl (C=O) groups is 2. The van der Waals surface area contributed by atoms with Gasteiger partial charge in [0.05, 0.1) is 24.3 Å². The van der Waals surface area contributed by atoms with E-state index < -0.39 is 29.8 Å². The lowest BCUT2D eigenvalue weighted by atomic mass is 9.99. The van der Waals surface area contributed by atoms with Gasteiger partial charge in [-0.15, -0.1) is 0 Å². The van der Waals surface area contributed by atoms with E-state index in [1.54, 1.807) is 45.0 Å². The van der Waals surface area contributed by atoms with Crippen LogP contribution >= 0.6 is 11.6 Å². The Morgan fingerprint density at radius 2 is 1.70 bits per heavy atom. The SMILES string of the molecule is CC(C)(C)OC(=O)NC(Cc1ccccc1)C(O)CCOC(=O)c1ccc(Cl)cc1. The number of amides is 1. The molecule has 7 heteroatoms. The van der Waals surface area contributed by atoms with Crippen molar-refractivity contribution >= 4 is 23.7 Å². The molecular formula is C23H28ClNO5. The van der Waals surface area contributed by atoms with E-state index >= 15 is 0 Å². The van der Waals surface area contributed by atoms with Crippen molar-refractivity contribution < 1.29 is 24.2 Å². The Balaban J connectivity index is 1.95. The smallest absolute Gasteiger partial charge is 0.407 e. The third-order valence-electron chi connectivity index (χ3n) is 4.19. The second-order valence-electron chi connectivity index (χ2n) is 7.94. The molecular weight excluding hydrogens is 406 g/mol. The molecule has 0 spiro atoms. The Morgan fingerprint density at radius 3 is 2.30 bits per heavy atom. The number of hydrogen-bond acceptors (Lipinski definition) is 5. The highest BCUT2D eigenvalue weighted by Gasteiger charge is 2.25. The number of alkyl carbamates (subject to hydrolysis) is 1. The molecule has 2 atom stereocenters. The summed E-state index contributed by atoms with van der Waals surface area (Å²) in [4.78, 5) is 24.3. The molecule has 1 amide bonds. The minimum atomic E-state index is -0.934. The van der Waals surface area contributed by atoms with Gasteiger partial charge in [-0.1, -0.05) is 41.9 Å². The first-order valence-corrected chi connectivity index (χ1v) is 10.2. The minimum Gasteiger partial charge on any atom is -0.462 e. The van der Waals surface area contributed by atoms with Crippen LogP contribution in [0.4, 0.5) is 4.79 Å². The Bertz CT molecular complexity index is 818. The molecule has 0 radical (unpaired) electrons. The Hall–Kier alpha value is -2.57. The third-order valence-corrected chi connectivity index (χ3v) is 4.44. The van der Waals surface area contributed by atoms with Gasteiger partial charge in [-0.2, -0.15) is 0 Å². The number of halogens is 1. The van der Waals surface area contributed by atoms with Crippen LogP contribution in [0, 0.1) is 0 Å². The van der Waals surface area contributed by atoms with E-state index in [0.717, 1.165) is 5.56 Å². The number of esters is 1. The Labute approximate surface area is 182 Å². The molecule has 0 heterocycles. The van der Waals surface area contributed by atoms with E-state index in [4.69, 9.17) is 21.1 Å². The fourth-order valence-electron chi connectivity index (χ4n) is 2.75. The summed E-state index contributed by atoms with van der Waals surface area (Å²) in [6, 6.07) is 15.3. The highest BCUT2D eigenvalue weighted by Crippen LogP contribution is 2.13. The quantitative estimate of drug-likeness (QED) is 0.603. The number of rotatable bonds is 8. The van der Waals surface area contributed by atoms with Crippen LogP contribution in [-0.2, 0) is 15.9 Å². The van der Waals surface area contributed by atoms with Crippen LogP contribution in [0.5, 0.6) is 0 Å². The summed E-state index contributed by atoms with van der Waals surface area (Å²) in [5.41, 5.74) is 0.679. The molecule has 0 aliphatic heterocycles. The van der Waals surface area contributed by atoms with Crippen molar-refractivity contribution in [1.82, 2.24) is 5.32 Å². The van der Waals surface area contributed by atoms with Gasteiger partial charge in [0.2, 0.25) is 0 Å². The first kappa shape index (κ1) is 23.7. The van der Waals surface area contributed by atoms with Gasteiger partial charge < -0.3 is 19.9 Å². The molecule has 2 N–H and O–H groups in total. The fourth-order valence-corrected chi connectivity index (χ4v) is 2.88. The molecule has 2 aromatic rings. The standard InChI is InChI=1S/C23H28ClNO5/c1-23(2,3)30-22(28)25-19(15-16-7-5-4-6-8-16)20(26)13-14-29-21(27)17-9-11-18(24)12-10-17/h4-12,19-20,26H,13-15H2,1-3H3,(H,25,28).